The molecule has 2 aromatic rings. The predicted molar refractivity (Wildman–Crippen MR) is 93.1 cm³/mol. The summed E-state index contributed by atoms with van der Waals surface area (Å²) >= 11 is 0. The van der Waals surface area contributed by atoms with Gasteiger partial charge < -0.3 is 14.2 Å². The molecular weight excluding hydrogens is 335 g/mol. The molecule has 2 atom stereocenters. The number of halogens is 1. The number of rotatable bonds is 3. The van der Waals surface area contributed by atoms with E-state index in [1.54, 1.807) is 29.2 Å². The van der Waals surface area contributed by atoms with Crippen molar-refractivity contribution in [3.05, 3.63) is 59.8 Å². The van der Waals surface area contributed by atoms with Crippen LogP contribution in [0.2, 0.25) is 0 Å². The summed E-state index contributed by atoms with van der Waals surface area (Å²) in [6.07, 6.45) is 3.51. The topological polar surface area (TPSA) is 53.8 Å². The maximum atomic E-state index is 13.3. The van der Waals surface area contributed by atoms with Crippen molar-refractivity contribution >= 4 is 11.8 Å². The second kappa shape index (κ2) is 6.94. The summed E-state index contributed by atoms with van der Waals surface area (Å²) in [5, 5.41) is 0. The zero-order chi connectivity index (χ0) is 18.1. The molecule has 4 rings (SSSR count). The number of furan rings is 1. The second-order valence-corrected chi connectivity index (χ2v) is 6.98. The van der Waals surface area contributed by atoms with E-state index in [1.165, 1.54) is 18.4 Å². The number of carbonyl (C=O) groups excluding carboxylic acids is 2. The van der Waals surface area contributed by atoms with Gasteiger partial charge in [0.15, 0.2) is 5.76 Å². The summed E-state index contributed by atoms with van der Waals surface area (Å²) in [4.78, 5) is 29.3. The fraction of sp³-hybridized carbons (Fsp3) is 0.400. The maximum Gasteiger partial charge on any atom is 0.289 e. The smallest absolute Gasteiger partial charge is 0.289 e. The van der Waals surface area contributed by atoms with Crippen LogP contribution in [0.4, 0.5) is 4.39 Å². The Labute approximate surface area is 151 Å². The average molecular weight is 356 g/mol. The van der Waals surface area contributed by atoms with Crippen LogP contribution in [0.1, 0.15) is 34.9 Å². The Morgan fingerprint density at radius 2 is 1.73 bits per heavy atom. The number of likely N-dealkylation sites (tertiary alicyclic amines) is 2. The lowest BCUT2D eigenvalue weighted by Gasteiger charge is -2.23. The minimum absolute atomic E-state index is 0.0894. The first-order valence-electron chi connectivity index (χ1n) is 9.00. The van der Waals surface area contributed by atoms with E-state index in [-0.39, 0.29) is 35.2 Å². The molecular formula is C20H21FN2O3. The summed E-state index contributed by atoms with van der Waals surface area (Å²) in [6.45, 7) is 2.33. The van der Waals surface area contributed by atoms with E-state index in [2.05, 4.69) is 0 Å². The molecule has 0 aliphatic carbocycles. The first-order chi connectivity index (χ1) is 12.6. The molecule has 2 amide bonds. The lowest BCUT2D eigenvalue weighted by atomic mass is 9.88. The van der Waals surface area contributed by atoms with Gasteiger partial charge in [-0.1, -0.05) is 12.1 Å². The van der Waals surface area contributed by atoms with Gasteiger partial charge in [0.05, 0.1) is 12.2 Å². The van der Waals surface area contributed by atoms with Gasteiger partial charge in [-0.2, -0.15) is 0 Å². The van der Waals surface area contributed by atoms with Crippen molar-refractivity contribution in [1.82, 2.24) is 9.80 Å². The Hall–Kier alpha value is -2.63. The summed E-state index contributed by atoms with van der Waals surface area (Å²) in [6, 6.07) is 9.54. The van der Waals surface area contributed by atoms with Gasteiger partial charge in [0.2, 0.25) is 5.91 Å². The molecule has 2 aliphatic heterocycles. The second-order valence-electron chi connectivity index (χ2n) is 6.98. The third-order valence-electron chi connectivity index (χ3n) is 5.37. The van der Waals surface area contributed by atoms with E-state index in [9.17, 15) is 14.0 Å². The van der Waals surface area contributed by atoms with Crippen molar-refractivity contribution in [2.75, 3.05) is 26.2 Å². The molecule has 0 bridgehead atoms. The van der Waals surface area contributed by atoms with Crippen LogP contribution < -0.4 is 0 Å². The van der Waals surface area contributed by atoms with Gasteiger partial charge >= 0.3 is 0 Å². The highest BCUT2D eigenvalue weighted by atomic mass is 19.1. The standard InChI is InChI=1S/C20H21FN2O3/c21-15-7-5-14(6-8-15)16-12-23(20(25)18-4-3-11-26-18)13-17(16)19(24)22-9-1-2-10-22/h3-8,11,16-17H,1-2,9-10,12-13H2/t16-,17+/m1/s1. The number of amides is 2. The van der Waals surface area contributed by atoms with E-state index in [1.807, 2.05) is 4.90 Å². The van der Waals surface area contributed by atoms with Crippen LogP contribution in [0.25, 0.3) is 0 Å². The number of hydrogen-bond donors (Lipinski definition) is 0. The number of nitrogens with zero attached hydrogens (tertiary/aromatic N) is 2. The number of benzene rings is 1. The Morgan fingerprint density at radius 1 is 1.00 bits per heavy atom. The molecule has 0 radical (unpaired) electrons. The normalized spacial score (nSPS) is 22.8. The van der Waals surface area contributed by atoms with Gasteiger partial charge in [0, 0.05) is 32.1 Å². The largest absolute Gasteiger partial charge is 0.459 e. The SMILES string of the molecule is O=C(c1ccco1)N1C[C@H](C(=O)N2CCCC2)[C@@H](c2ccc(F)cc2)C1. The molecule has 3 heterocycles. The van der Waals surface area contributed by atoms with Crippen LogP contribution in [0.15, 0.2) is 47.1 Å². The molecule has 136 valence electrons. The van der Waals surface area contributed by atoms with Crippen LogP contribution >= 0.6 is 0 Å². The van der Waals surface area contributed by atoms with Crippen molar-refractivity contribution in [2.24, 2.45) is 5.92 Å². The predicted octanol–water partition coefficient (Wildman–Crippen LogP) is 2.90. The molecule has 2 aliphatic rings. The van der Waals surface area contributed by atoms with E-state index in [4.69, 9.17) is 4.42 Å². The van der Waals surface area contributed by atoms with Gasteiger partial charge in [-0.3, -0.25) is 9.59 Å². The third kappa shape index (κ3) is 3.11. The molecule has 2 fully saturated rings. The fourth-order valence-electron chi connectivity index (χ4n) is 4.00. The van der Waals surface area contributed by atoms with E-state index < -0.39 is 0 Å². The Balaban J connectivity index is 1.60. The van der Waals surface area contributed by atoms with Gasteiger partial charge in [-0.25, -0.2) is 4.39 Å². The van der Waals surface area contributed by atoms with Crippen molar-refractivity contribution in [3.8, 4) is 0 Å². The highest BCUT2D eigenvalue weighted by molar-refractivity contribution is 5.92. The number of hydrogen-bond acceptors (Lipinski definition) is 3. The monoisotopic (exact) mass is 356 g/mol. The van der Waals surface area contributed by atoms with Crippen LogP contribution in [0.3, 0.4) is 0 Å². The molecule has 2 saturated heterocycles. The minimum Gasteiger partial charge on any atom is -0.459 e. The summed E-state index contributed by atoms with van der Waals surface area (Å²) in [5.74, 6) is -0.597. The van der Waals surface area contributed by atoms with Crippen LogP contribution in [-0.4, -0.2) is 47.8 Å². The Bertz CT molecular complexity index is 782. The molecule has 0 spiro atoms. The van der Waals surface area contributed by atoms with Gasteiger partial charge in [-0.15, -0.1) is 0 Å². The molecule has 1 aromatic heterocycles. The molecule has 5 nitrogen and oxygen atoms in total. The molecule has 6 heteroatoms. The Morgan fingerprint density at radius 3 is 2.38 bits per heavy atom. The zero-order valence-electron chi connectivity index (χ0n) is 14.4. The average Bonchev–Trinajstić information content (AvgIpc) is 3.42. The fourth-order valence-corrected chi connectivity index (χ4v) is 4.00. The number of carbonyl (C=O) groups is 2. The van der Waals surface area contributed by atoms with E-state index in [0.29, 0.717) is 13.1 Å². The highest BCUT2D eigenvalue weighted by Gasteiger charge is 2.43. The van der Waals surface area contributed by atoms with Gasteiger partial charge in [-0.05, 0) is 42.7 Å². The molecule has 26 heavy (non-hydrogen) atoms. The Kier molecular flexibility index (Phi) is 4.49. The van der Waals surface area contributed by atoms with Crippen LogP contribution in [0, 0.1) is 11.7 Å². The minimum atomic E-state index is -0.308. The summed E-state index contributed by atoms with van der Waals surface area (Å²) in [7, 11) is 0. The van der Waals surface area contributed by atoms with E-state index >= 15 is 0 Å². The van der Waals surface area contributed by atoms with Crippen LogP contribution in [0.5, 0.6) is 0 Å². The summed E-state index contributed by atoms with van der Waals surface area (Å²) in [5.41, 5.74) is 0.888. The third-order valence-corrected chi connectivity index (χ3v) is 5.37. The molecule has 0 saturated carbocycles. The quantitative estimate of drug-likeness (QED) is 0.850. The summed E-state index contributed by atoms with van der Waals surface area (Å²) < 4.78 is 18.5. The first-order valence-corrected chi connectivity index (χ1v) is 9.00. The lowest BCUT2D eigenvalue weighted by Crippen LogP contribution is -2.37. The van der Waals surface area contributed by atoms with Crippen molar-refractivity contribution in [1.29, 1.82) is 0 Å². The zero-order valence-corrected chi connectivity index (χ0v) is 14.4. The first kappa shape index (κ1) is 16.8. The van der Waals surface area contributed by atoms with Crippen molar-refractivity contribution in [3.63, 3.8) is 0 Å². The van der Waals surface area contributed by atoms with Crippen molar-refractivity contribution < 1.29 is 18.4 Å². The lowest BCUT2D eigenvalue weighted by molar-refractivity contribution is -0.134. The molecule has 0 N–H and O–H groups in total. The van der Waals surface area contributed by atoms with Gasteiger partial charge in [0.1, 0.15) is 5.82 Å². The highest BCUT2D eigenvalue weighted by Crippen LogP contribution is 2.35. The molecule has 1 aromatic carbocycles. The van der Waals surface area contributed by atoms with Crippen molar-refractivity contribution in [2.45, 2.75) is 18.8 Å². The van der Waals surface area contributed by atoms with E-state index in [0.717, 1.165) is 31.5 Å². The molecule has 0 unspecified atom stereocenters. The van der Waals surface area contributed by atoms with Gasteiger partial charge in [0.25, 0.3) is 5.91 Å². The maximum absolute atomic E-state index is 13.3. The van der Waals surface area contributed by atoms with Crippen LogP contribution in [-0.2, 0) is 4.79 Å².